The van der Waals surface area contributed by atoms with Crippen LogP contribution in [0.25, 0.3) is 5.70 Å². The van der Waals surface area contributed by atoms with Crippen molar-refractivity contribution in [2.24, 2.45) is 16.8 Å². The van der Waals surface area contributed by atoms with Crippen LogP contribution in [0.2, 0.25) is 0 Å². The maximum absolute atomic E-state index is 5.94. The van der Waals surface area contributed by atoms with E-state index in [2.05, 4.69) is 90.7 Å². The van der Waals surface area contributed by atoms with Gasteiger partial charge in [-0.3, -0.25) is 9.89 Å². The van der Waals surface area contributed by atoms with E-state index in [9.17, 15) is 0 Å². The number of unbranched alkanes of at least 4 members (excludes halogenated alkanes) is 1. The summed E-state index contributed by atoms with van der Waals surface area (Å²) in [5.74, 6) is 2.74. The van der Waals surface area contributed by atoms with Crippen LogP contribution in [-0.2, 0) is 16.0 Å². The highest BCUT2D eigenvalue weighted by Gasteiger charge is 2.33. The van der Waals surface area contributed by atoms with Crippen molar-refractivity contribution in [2.75, 3.05) is 26.7 Å². The molecular formula is C41H50N2O4. The van der Waals surface area contributed by atoms with Crippen LogP contribution in [0, 0.1) is 11.8 Å². The Balaban J connectivity index is 1.18. The van der Waals surface area contributed by atoms with Crippen LogP contribution in [0.4, 0.5) is 0 Å². The molecule has 2 aliphatic carbocycles. The van der Waals surface area contributed by atoms with Gasteiger partial charge in [0.1, 0.15) is 6.79 Å². The quantitative estimate of drug-likeness (QED) is 0.218. The number of hydrogen-bond donors (Lipinski definition) is 0. The van der Waals surface area contributed by atoms with Gasteiger partial charge in [-0.25, -0.2) is 0 Å². The fourth-order valence-electron chi connectivity index (χ4n) is 7.76. The average Bonchev–Trinajstić information content (AvgIpc) is 3.78. The second-order valence-electron chi connectivity index (χ2n) is 13.8. The summed E-state index contributed by atoms with van der Waals surface area (Å²) in [5.41, 5.74) is 7.99. The summed E-state index contributed by atoms with van der Waals surface area (Å²) in [4.78, 5) is 8.26. The van der Waals surface area contributed by atoms with Crippen molar-refractivity contribution in [1.82, 2.24) is 4.90 Å². The van der Waals surface area contributed by atoms with E-state index in [1.807, 2.05) is 0 Å². The molecule has 6 heteroatoms. The van der Waals surface area contributed by atoms with Crippen molar-refractivity contribution in [2.45, 2.75) is 89.9 Å². The van der Waals surface area contributed by atoms with Crippen molar-refractivity contribution in [3.63, 3.8) is 0 Å². The fourth-order valence-corrected chi connectivity index (χ4v) is 7.76. The van der Waals surface area contributed by atoms with Crippen LogP contribution in [0.15, 0.2) is 95.0 Å². The van der Waals surface area contributed by atoms with E-state index in [1.54, 1.807) is 0 Å². The molecule has 5 aliphatic rings. The molecule has 0 spiro atoms. The van der Waals surface area contributed by atoms with E-state index in [4.69, 9.17) is 23.9 Å². The summed E-state index contributed by atoms with van der Waals surface area (Å²) in [5, 5.41) is 0. The Kier molecular flexibility index (Phi) is 10.7. The zero-order valence-corrected chi connectivity index (χ0v) is 27.9. The van der Waals surface area contributed by atoms with Gasteiger partial charge < -0.3 is 18.9 Å². The second-order valence-corrected chi connectivity index (χ2v) is 13.8. The van der Waals surface area contributed by atoms with Gasteiger partial charge in [-0.05, 0) is 74.1 Å². The molecular weight excluding hydrogens is 584 g/mol. The summed E-state index contributed by atoms with van der Waals surface area (Å²) in [6.07, 6.45) is 23.0. The molecule has 2 aromatic rings. The Morgan fingerprint density at radius 2 is 1.79 bits per heavy atom. The van der Waals surface area contributed by atoms with E-state index in [0.29, 0.717) is 25.4 Å². The Labute approximate surface area is 280 Å². The molecule has 0 amide bonds. The zero-order valence-electron chi connectivity index (χ0n) is 27.9. The lowest BCUT2D eigenvalue weighted by Gasteiger charge is -2.30. The van der Waals surface area contributed by atoms with Gasteiger partial charge in [0.15, 0.2) is 11.5 Å². The summed E-state index contributed by atoms with van der Waals surface area (Å²) >= 11 is 0. The first kappa shape index (κ1) is 32.1. The fraction of sp³-hybridized carbons (Fsp3) is 0.488. The van der Waals surface area contributed by atoms with Gasteiger partial charge in [-0.15, -0.1) is 0 Å². The topological polar surface area (TPSA) is 52.5 Å². The van der Waals surface area contributed by atoms with Crippen molar-refractivity contribution < 1.29 is 18.9 Å². The van der Waals surface area contributed by atoms with Crippen LogP contribution in [-0.4, -0.2) is 49.5 Å². The van der Waals surface area contributed by atoms with E-state index in [1.165, 1.54) is 59.4 Å². The Bertz CT molecular complexity index is 1520. The second kappa shape index (κ2) is 15.6. The molecule has 248 valence electrons. The Morgan fingerprint density at radius 1 is 0.894 bits per heavy atom. The van der Waals surface area contributed by atoms with Crippen molar-refractivity contribution in [3.05, 3.63) is 101 Å². The number of hydrogen-bond acceptors (Lipinski definition) is 6. The molecule has 4 unspecified atom stereocenters. The number of aliphatic imine (C=N–C) groups is 1. The van der Waals surface area contributed by atoms with Crippen LogP contribution in [0.3, 0.4) is 0 Å². The molecule has 0 bridgehead atoms. The molecule has 2 aromatic carbocycles. The summed E-state index contributed by atoms with van der Waals surface area (Å²) in [6.45, 7) is 5.75. The summed E-state index contributed by atoms with van der Waals surface area (Å²) in [6, 6.07) is 17.3. The molecule has 0 radical (unpaired) electrons. The molecule has 3 aliphatic heterocycles. The normalized spacial score (nSPS) is 26.9. The molecule has 1 saturated heterocycles. The van der Waals surface area contributed by atoms with Gasteiger partial charge in [0.05, 0.1) is 17.9 Å². The minimum Gasteiger partial charge on any atom is -0.454 e. The smallest absolute Gasteiger partial charge is 0.231 e. The highest BCUT2D eigenvalue weighted by atomic mass is 16.7. The maximum Gasteiger partial charge on any atom is 0.231 e. The van der Waals surface area contributed by atoms with Gasteiger partial charge in [0, 0.05) is 36.8 Å². The van der Waals surface area contributed by atoms with Gasteiger partial charge in [0.25, 0.3) is 0 Å². The largest absolute Gasteiger partial charge is 0.454 e. The molecule has 4 atom stereocenters. The predicted octanol–water partition coefficient (Wildman–Crippen LogP) is 9.04. The molecule has 0 N–H and O–H groups in total. The molecule has 3 heterocycles. The van der Waals surface area contributed by atoms with E-state index in [0.717, 1.165) is 69.7 Å². The highest BCUT2D eigenvalue weighted by Crippen LogP contribution is 2.37. The first-order valence-electron chi connectivity index (χ1n) is 17.9. The van der Waals surface area contributed by atoms with Crippen LogP contribution in [0.5, 0.6) is 11.5 Å². The third-order valence-corrected chi connectivity index (χ3v) is 10.4. The number of nitrogens with zero attached hydrogens (tertiary/aromatic N) is 2. The van der Waals surface area contributed by atoms with E-state index < -0.39 is 0 Å². The minimum atomic E-state index is 0.178. The summed E-state index contributed by atoms with van der Waals surface area (Å²) in [7, 11) is 0. The van der Waals surface area contributed by atoms with Gasteiger partial charge >= 0.3 is 0 Å². The lowest BCUT2D eigenvalue weighted by Crippen LogP contribution is -2.32. The molecule has 1 fully saturated rings. The third-order valence-electron chi connectivity index (χ3n) is 10.4. The van der Waals surface area contributed by atoms with Gasteiger partial charge in [0.2, 0.25) is 6.79 Å². The SMILES string of the molecule is CCCCC1CC/C(CCN(CC2=CCC3OCOC3C2)Cc2ccc3c(c2)OCO3)=C(/c2ccccc2)N=C(C2C=CC=CC2)C1. The van der Waals surface area contributed by atoms with Crippen LogP contribution >= 0.6 is 0 Å². The standard InChI is InChI=1S/C41H50N2O4/c1-2-3-10-30-15-18-35(41(34-13-8-5-9-14-34)42-36(23-30)33-11-6-4-7-12-33)21-22-43(26-31-16-19-37-39(24-31)46-28-44-37)27-32-17-20-38-40(25-32)47-29-45-38/h4-9,11,13-14,16-17,19,24,30,33,38,40H,2-3,10,12,15,18,20-23,25-29H2,1H3/b41-35+,42-36?. The zero-order chi connectivity index (χ0) is 31.8. The van der Waals surface area contributed by atoms with Gasteiger partial charge in [-0.1, -0.05) is 98.5 Å². The highest BCUT2D eigenvalue weighted by molar-refractivity contribution is 5.94. The molecule has 7 rings (SSSR count). The van der Waals surface area contributed by atoms with Gasteiger partial charge in [-0.2, -0.15) is 0 Å². The monoisotopic (exact) mass is 634 g/mol. The first-order chi connectivity index (χ1) is 23.2. The Morgan fingerprint density at radius 3 is 2.66 bits per heavy atom. The first-order valence-corrected chi connectivity index (χ1v) is 17.9. The predicted molar refractivity (Wildman–Crippen MR) is 188 cm³/mol. The number of benzene rings is 2. The molecule has 47 heavy (non-hydrogen) atoms. The van der Waals surface area contributed by atoms with Crippen LogP contribution in [0.1, 0.15) is 82.3 Å². The van der Waals surface area contributed by atoms with E-state index in [-0.39, 0.29) is 12.2 Å². The third kappa shape index (κ3) is 8.17. The van der Waals surface area contributed by atoms with Crippen molar-refractivity contribution in [1.29, 1.82) is 0 Å². The number of ether oxygens (including phenoxy) is 4. The number of allylic oxidation sites excluding steroid dienone is 4. The Hall–Kier alpha value is -3.45. The van der Waals surface area contributed by atoms with Crippen molar-refractivity contribution in [3.8, 4) is 11.5 Å². The number of fused-ring (bicyclic) bond motifs is 2. The molecule has 0 aromatic heterocycles. The number of rotatable bonds is 12. The molecule has 0 saturated carbocycles. The lowest BCUT2D eigenvalue weighted by molar-refractivity contribution is 0.0399. The average molecular weight is 635 g/mol. The summed E-state index contributed by atoms with van der Waals surface area (Å²) < 4.78 is 23.1. The minimum absolute atomic E-state index is 0.178. The maximum atomic E-state index is 5.94. The molecule has 6 nitrogen and oxygen atoms in total. The van der Waals surface area contributed by atoms with Crippen LogP contribution < -0.4 is 9.47 Å². The van der Waals surface area contributed by atoms with Crippen molar-refractivity contribution >= 4 is 11.4 Å². The lowest BCUT2D eigenvalue weighted by atomic mass is 9.82. The van der Waals surface area contributed by atoms with E-state index >= 15 is 0 Å².